The third-order valence-corrected chi connectivity index (χ3v) is 2.40. The smallest absolute Gasteiger partial charge is 0.267 e. The summed E-state index contributed by atoms with van der Waals surface area (Å²) >= 11 is 0. The zero-order valence-corrected chi connectivity index (χ0v) is 10.3. The van der Waals surface area contributed by atoms with Crippen LogP contribution in [0.15, 0.2) is 53.9 Å². The fourth-order valence-corrected chi connectivity index (χ4v) is 1.44. The van der Waals surface area contributed by atoms with E-state index in [-0.39, 0.29) is 11.3 Å². The summed E-state index contributed by atoms with van der Waals surface area (Å²) in [4.78, 5) is 25.7. The number of benzene rings is 1. The highest BCUT2D eigenvalue weighted by Gasteiger charge is 2.10. The summed E-state index contributed by atoms with van der Waals surface area (Å²) in [5.74, 6) is -0.515. The summed E-state index contributed by atoms with van der Waals surface area (Å²) < 4.78 is 0. The van der Waals surface area contributed by atoms with Gasteiger partial charge in [0.2, 0.25) is 0 Å². The number of rotatable bonds is 4. The largest absolute Gasteiger partial charge is 0.271 e. The quantitative estimate of drug-likeness (QED) is 0.520. The van der Waals surface area contributed by atoms with Crippen molar-refractivity contribution in [3.05, 3.63) is 70.0 Å². The van der Waals surface area contributed by atoms with E-state index < -0.39 is 10.8 Å². The molecule has 0 fully saturated rings. The van der Waals surface area contributed by atoms with Gasteiger partial charge in [-0.2, -0.15) is 5.10 Å². The molecule has 1 N–H and O–H groups in total. The highest BCUT2D eigenvalue weighted by Crippen LogP contribution is 2.12. The molecule has 0 unspecified atom stereocenters. The normalized spacial score (nSPS) is 10.4. The van der Waals surface area contributed by atoms with Crippen molar-refractivity contribution in [3.63, 3.8) is 0 Å². The fourth-order valence-electron chi connectivity index (χ4n) is 1.44. The van der Waals surface area contributed by atoms with Gasteiger partial charge in [-0.1, -0.05) is 6.07 Å². The lowest BCUT2D eigenvalue weighted by atomic mass is 10.2. The van der Waals surface area contributed by atoms with Gasteiger partial charge in [0, 0.05) is 30.1 Å². The Morgan fingerprint density at radius 2 is 2.05 bits per heavy atom. The van der Waals surface area contributed by atoms with E-state index in [4.69, 9.17) is 0 Å². The average Bonchev–Trinajstić information content (AvgIpc) is 2.48. The van der Waals surface area contributed by atoms with E-state index in [1.165, 1.54) is 30.5 Å². The Bertz CT molecular complexity index is 656. The molecule has 0 bridgehead atoms. The number of hydrogen-bond acceptors (Lipinski definition) is 5. The Hall–Kier alpha value is -3.09. The average molecular weight is 270 g/mol. The molecule has 7 nitrogen and oxygen atoms in total. The number of amides is 1. The zero-order valence-electron chi connectivity index (χ0n) is 10.3. The highest BCUT2D eigenvalue weighted by atomic mass is 16.6. The minimum absolute atomic E-state index is 0.143. The van der Waals surface area contributed by atoms with Crippen LogP contribution in [0.3, 0.4) is 0 Å². The number of hydrazone groups is 1. The minimum atomic E-state index is -0.559. The molecule has 0 saturated heterocycles. The summed E-state index contributed by atoms with van der Waals surface area (Å²) in [7, 11) is 0. The first-order valence-electron chi connectivity index (χ1n) is 5.65. The van der Waals surface area contributed by atoms with Crippen LogP contribution in [0.2, 0.25) is 0 Å². The predicted molar refractivity (Wildman–Crippen MR) is 72.4 cm³/mol. The second-order valence-electron chi connectivity index (χ2n) is 3.79. The van der Waals surface area contributed by atoms with E-state index in [0.29, 0.717) is 0 Å². The molecule has 1 amide bonds. The number of nitro groups is 1. The molecule has 1 heterocycles. The Morgan fingerprint density at radius 1 is 1.30 bits per heavy atom. The number of carbonyl (C=O) groups excluding carboxylic acids is 1. The lowest BCUT2D eigenvalue weighted by Crippen LogP contribution is -2.17. The van der Waals surface area contributed by atoms with Crippen molar-refractivity contribution in [1.82, 2.24) is 10.4 Å². The van der Waals surface area contributed by atoms with Crippen molar-refractivity contribution in [2.24, 2.45) is 5.10 Å². The molecule has 2 rings (SSSR count). The second-order valence-corrected chi connectivity index (χ2v) is 3.79. The summed E-state index contributed by atoms with van der Waals surface area (Å²) in [5, 5.41) is 14.4. The Balaban J connectivity index is 2.04. The van der Waals surface area contributed by atoms with Gasteiger partial charge in [0.15, 0.2) is 0 Å². The maximum Gasteiger partial charge on any atom is 0.271 e. The number of nitrogens with zero attached hydrogens (tertiary/aromatic N) is 3. The monoisotopic (exact) mass is 270 g/mol. The molecular weight excluding hydrogens is 260 g/mol. The maximum atomic E-state index is 11.7. The molecule has 0 aliphatic heterocycles. The topological polar surface area (TPSA) is 97.5 Å². The number of nitro benzene ring substituents is 1. The van der Waals surface area contributed by atoms with Gasteiger partial charge in [-0.25, -0.2) is 5.43 Å². The molecule has 0 aliphatic rings. The van der Waals surface area contributed by atoms with Crippen LogP contribution < -0.4 is 5.43 Å². The standard InChI is InChI=1S/C13H10N4O3/c18-13(11-2-1-3-12(8-11)17(19)20)16-15-9-10-4-6-14-7-5-10/h1-9H,(H,16,18)/b15-9-. The Kier molecular flexibility index (Phi) is 4.13. The van der Waals surface area contributed by atoms with E-state index in [2.05, 4.69) is 15.5 Å². The van der Waals surface area contributed by atoms with Crippen LogP contribution in [0.5, 0.6) is 0 Å². The molecule has 1 aromatic heterocycles. The molecule has 0 saturated carbocycles. The number of hydrogen-bond donors (Lipinski definition) is 1. The van der Waals surface area contributed by atoms with Crippen LogP contribution in [-0.4, -0.2) is 22.0 Å². The lowest BCUT2D eigenvalue weighted by Gasteiger charge is -1.99. The Labute approximate surface area is 114 Å². The SMILES string of the molecule is O=C(N/N=C\c1ccncc1)c1cccc([N+](=O)[O-])c1. The highest BCUT2D eigenvalue weighted by molar-refractivity contribution is 5.95. The van der Waals surface area contributed by atoms with Crippen molar-refractivity contribution >= 4 is 17.8 Å². The van der Waals surface area contributed by atoms with Gasteiger partial charge >= 0.3 is 0 Å². The molecule has 0 atom stereocenters. The van der Waals surface area contributed by atoms with Gasteiger partial charge in [-0.3, -0.25) is 19.9 Å². The number of pyridine rings is 1. The van der Waals surface area contributed by atoms with E-state index in [1.807, 2.05) is 0 Å². The molecule has 20 heavy (non-hydrogen) atoms. The van der Waals surface area contributed by atoms with E-state index in [1.54, 1.807) is 24.5 Å². The molecule has 0 radical (unpaired) electrons. The fraction of sp³-hybridized carbons (Fsp3) is 0. The third-order valence-electron chi connectivity index (χ3n) is 2.40. The van der Waals surface area contributed by atoms with E-state index in [0.717, 1.165) is 5.56 Å². The second kappa shape index (κ2) is 6.19. The van der Waals surface area contributed by atoms with Gasteiger partial charge in [0.25, 0.3) is 11.6 Å². The van der Waals surface area contributed by atoms with Crippen LogP contribution in [0, 0.1) is 10.1 Å². The molecule has 0 spiro atoms. The molecule has 7 heteroatoms. The zero-order chi connectivity index (χ0) is 14.4. The summed E-state index contributed by atoms with van der Waals surface area (Å²) in [6.45, 7) is 0. The van der Waals surface area contributed by atoms with Gasteiger partial charge in [-0.15, -0.1) is 0 Å². The van der Waals surface area contributed by atoms with Crippen LogP contribution in [-0.2, 0) is 0 Å². The van der Waals surface area contributed by atoms with Crippen LogP contribution >= 0.6 is 0 Å². The molecule has 100 valence electrons. The van der Waals surface area contributed by atoms with Crippen molar-refractivity contribution in [2.45, 2.75) is 0 Å². The predicted octanol–water partition coefficient (Wildman–Crippen LogP) is 1.75. The third kappa shape index (κ3) is 3.45. The summed E-state index contributed by atoms with van der Waals surface area (Å²) in [6.07, 6.45) is 4.66. The lowest BCUT2D eigenvalue weighted by molar-refractivity contribution is -0.384. The maximum absolute atomic E-state index is 11.7. The van der Waals surface area contributed by atoms with E-state index >= 15 is 0 Å². The molecule has 2 aromatic rings. The Morgan fingerprint density at radius 3 is 2.75 bits per heavy atom. The van der Waals surface area contributed by atoms with Crippen molar-refractivity contribution < 1.29 is 9.72 Å². The minimum Gasteiger partial charge on any atom is -0.267 e. The first-order chi connectivity index (χ1) is 9.66. The first kappa shape index (κ1) is 13.3. The van der Waals surface area contributed by atoms with Gasteiger partial charge in [0.05, 0.1) is 11.1 Å². The summed E-state index contributed by atoms with van der Waals surface area (Å²) in [5.41, 5.74) is 3.11. The van der Waals surface area contributed by atoms with E-state index in [9.17, 15) is 14.9 Å². The number of carbonyl (C=O) groups is 1. The molecule has 1 aromatic carbocycles. The van der Waals surface area contributed by atoms with Gasteiger partial charge in [-0.05, 0) is 23.8 Å². The van der Waals surface area contributed by atoms with Gasteiger partial charge < -0.3 is 0 Å². The van der Waals surface area contributed by atoms with Crippen LogP contribution in [0.25, 0.3) is 0 Å². The number of aromatic nitrogens is 1. The summed E-state index contributed by atoms with van der Waals surface area (Å²) in [6, 6.07) is 8.88. The van der Waals surface area contributed by atoms with Crippen molar-refractivity contribution in [3.8, 4) is 0 Å². The molecule has 0 aliphatic carbocycles. The van der Waals surface area contributed by atoms with Crippen molar-refractivity contribution in [1.29, 1.82) is 0 Å². The first-order valence-corrected chi connectivity index (χ1v) is 5.65. The van der Waals surface area contributed by atoms with Crippen LogP contribution in [0.1, 0.15) is 15.9 Å². The van der Waals surface area contributed by atoms with Crippen LogP contribution in [0.4, 0.5) is 5.69 Å². The number of nitrogens with one attached hydrogen (secondary N) is 1. The molecular formula is C13H10N4O3. The number of non-ortho nitro benzene ring substituents is 1. The van der Waals surface area contributed by atoms with Crippen molar-refractivity contribution in [2.75, 3.05) is 0 Å². The van der Waals surface area contributed by atoms with Gasteiger partial charge in [0.1, 0.15) is 0 Å².